The molecule has 76 valence electrons. The lowest BCUT2D eigenvalue weighted by atomic mass is 9.66. The van der Waals surface area contributed by atoms with Gasteiger partial charge < -0.3 is 10.8 Å². The van der Waals surface area contributed by atoms with Crippen LogP contribution in [0.25, 0.3) is 0 Å². The van der Waals surface area contributed by atoms with Gasteiger partial charge in [0, 0.05) is 0 Å². The molecular formula is C10H19NO2. The normalized spacial score (nSPS) is 37.7. The van der Waals surface area contributed by atoms with E-state index in [9.17, 15) is 9.90 Å². The van der Waals surface area contributed by atoms with Gasteiger partial charge in [0.05, 0.1) is 5.41 Å². The molecule has 2 atom stereocenters. The predicted molar refractivity (Wildman–Crippen MR) is 51.3 cm³/mol. The zero-order valence-corrected chi connectivity index (χ0v) is 8.63. The summed E-state index contributed by atoms with van der Waals surface area (Å²) in [4.78, 5) is 11.2. The number of carbonyl (C=O) groups is 1. The highest BCUT2D eigenvalue weighted by molar-refractivity contribution is 5.75. The van der Waals surface area contributed by atoms with Crippen molar-refractivity contribution in [3.8, 4) is 0 Å². The van der Waals surface area contributed by atoms with Crippen LogP contribution in [0.1, 0.15) is 33.6 Å². The Kier molecular flexibility index (Phi) is 2.41. The molecule has 1 aliphatic rings. The molecule has 0 unspecified atom stereocenters. The van der Waals surface area contributed by atoms with Crippen LogP contribution in [-0.4, -0.2) is 17.6 Å². The van der Waals surface area contributed by atoms with Crippen LogP contribution in [0.3, 0.4) is 0 Å². The van der Waals surface area contributed by atoms with Gasteiger partial charge in [0.15, 0.2) is 0 Å². The summed E-state index contributed by atoms with van der Waals surface area (Å²) in [7, 11) is 0. The zero-order valence-electron chi connectivity index (χ0n) is 8.63. The second kappa shape index (κ2) is 2.98. The van der Waals surface area contributed by atoms with Gasteiger partial charge in [-0.25, -0.2) is 0 Å². The highest BCUT2D eigenvalue weighted by Gasteiger charge is 2.55. The van der Waals surface area contributed by atoms with E-state index in [0.29, 0.717) is 12.5 Å². The first-order valence-electron chi connectivity index (χ1n) is 4.79. The molecule has 13 heavy (non-hydrogen) atoms. The van der Waals surface area contributed by atoms with E-state index in [1.165, 1.54) is 0 Å². The molecule has 0 aromatic heterocycles. The summed E-state index contributed by atoms with van der Waals surface area (Å²) in [5, 5.41) is 9.18. The molecular weight excluding hydrogens is 166 g/mol. The van der Waals surface area contributed by atoms with Crippen molar-refractivity contribution in [2.24, 2.45) is 22.5 Å². The minimum absolute atomic E-state index is 0.187. The van der Waals surface area contributed by atoms with Crippen LogP contribution in [0.4, 0.5) is 0 Å². The molecule has 0 aromatic carbocycles. The molecule has 3 nitrogen and oxygen atoms in total. The Bertz CT molecular complexity index is 225. The van der Waals surface area contributed by atoms with E-state index < -0.39 is 11.4 Å². The topological polar surface area (TPSA) is 63.3 Å². The Morgan fingerprint density at radius 3 is 2.31 bits per heavy atom. The SMILES string of the molecule is CC1(C)[C@@H](CN)CC[C@@]1(C)C(=O)O. The van der Waals surface area contributed by atoms with Crippen molar-refractivity contribution < 1.29 is 9.90 Å². The van der Waals surface area contributed by atoms with E-state index in [0.717, 1.165) is 12.8 Å². The maximum absolute atomic E-state index is 11.2. The molecule has 3 N–H and O–H groups in total. The van der Waals surface area contributed by atoms with Crippen molar-refractivity contribution in [2.45, 2.75) is 33.6 Å². The fraction of sp³-hybridized carbons (Fsp3) is 0.900. The van der Waals surface area contributed by atoms with Gasteiger partial charge in [-0.1, -0.05) is 13.8 Å². The average molecular weight is 185 g/mol. The molecule has 0 aliphatic heterocycles. The lowest BCUT2D eigenvalue weighted by molar-refractivity contribution is -0.154. The Balaban J connectivity index is 2.99. The summed E-state index contributed by atoms with van der Waals surface area (Å²) in [6.45, 7) is 6.47. The van der Waals surface area contributed by atoms with Gasteiger partial charge in [0.2, 0.25) is 0 Å². The first kappa shape index (κ1) is 10.5. The van der Waals surface area contributed by atoms with E-state index in [-0.39, 0.29) is 5.41 Å². The second-order valence-corrected chi connectivity index (χ2v) is 4.83. The Labute approximate surface area is 79.3 Å². The smallest absolute Gasteiger partial charge is 0.309 e. The molecule has 0 spiro atoms. The maximum atomic E-state index is 11.2. The van der Waals surface area contributed by atoms with Crippen LogP contribution < -0.4 is 5.73 Å². The van der Waals surface area contributed by atoms with Gasteiger partial charge in [-0.2, -0.15) is 0 Å². The van der Waals surface area contributed by atoms with Gasteiger partial charge in [-0.15, -0.1) is 0 Å². The minimum atomic E-state index is -0.687. The molecule has 0 amide bonds. The van der Waals surface area contributed by atoms with Crippen LogP contribution in [0.2, 0.25) is 0 Å². The lowest BCUT2D eigenvalue weighted by Gasteiger charge is -2.38. The van der Waals surface area contributed by atoms with Crippen molar-refractivity contribution in [1.29, 1.82) is 0 Å². The van der Waals surface area contributed by atoms with E-state index in [2.05, 4.69) is 0 Å². The maximum Gasteiger partial charge on any atom is 0.309 e. The van der Waals surface area contributed by atoms with Gasteiger partial charge in [-0.3, -0.25) is 4.79 Å². The molecule has 0 radical (unpaired) electrons. The first-order chi connectivity index (χ1) is 5.86. The highest BCUT2D eigenvalue weighted by Crippen LogP contribution is 2.55. The first-order valence-corrected chi connectivity index (χ1v) is 4.79. The lowest BCUT2D eigenvalue weighted by Crippen LogP contribution is -2.42. The zero-order chi connectivity index (χ0) is 10.3. The van der Waals surface area contributed by atoms with Crippen LogP contribution in [0.15, 0.2) is 0 Å². The molecule has 1 fully saturated rings. The minimum Gasteiger partial charge on any atom is -0.481 e. The highest BCUT2D eigenvalue weighted by atomic mass is 16.4. The summed E-state index contributed by atoms with van der Waals surface area (Å²) in [6.07, 6.45) is 1.68. The van der Waals surface area contributed by atoms with Crippen LogP contribution in [0.5, 0.6) is 0 Å². The average Bonchev–Trinajstić information content (AvgIpc) is 2.25. The molecule has 0 aromatic rings. The Morgan fingerprint density at radius 1 is 1.54 bits per heavy atom. The van der Waals surface area contributed by atoms with Crippen molar-refractivity contribution in [3.63, 3.8) is 0 Å². The Morgan fingerprint density at radius 2 is 2.08 bits per heavy atom. The van der Waals surface area contributed by atoms with Gasteiger partial charge in [-0.05, 0) is 37.6 Å². The fourth-order valence-corrected chi connectivity index (χ4v) is 2.39. The summed E-state index contributed by atoms with van der Waals surface area (Å²) in [5.41, 5.74) is 4.85. The number of carboxylic acid groups (broad SMARTS) is 1. The van der Waals surface area contributed by atoms with E-state index in [1.807, 2.05) is 20.8 Å². The van der Waals surface area contributed by atoms with Gasteiger partial charge in [0.25, 0.3) is 0 Å². The van der Waals surface area contributed by atoms with E-state index in [4.69, 9.17) is 5.73 Å². The summed E-state index contributed by atoms with van der Waals surface area (Å²) in [5.74, 6) is -0.345. The molecule has 1 rings (SSSR count). The predicted octanol–water partition coefficient (Wildman–Crippen LogP) is 1.47. The third-order valence-electron chi connectivity index (χ3n) is 4.19. The Hall–Kier alpha value is -0.570. The third-order valence-corrected chi connectivity index (χ3v) is 4.19. The number of aliphatic carboxylic acids is 1. The summed E-state index contributed by atoms with van der Waals surface area (Å²) >= 11 is 0. The summed E-state index contributed by atoms with van der Waals surface area (Å²) in [6, 6.07) is 0. The van der Waals surface area contributed by atoms with Gasteiger partial charge >= 0.3 is 5.97 Å². The fourth-order valence-electron chi connectivity index (χ4n) is 2.39. The van der Waals surface area contributed by atoms with E-state index in [1.54, 1.807) is 0 Å². The number of rotatable bonds is 2. The number of carboxylic acids is 1. The van der Waals surface area contributed by atoms with Crippen LogP contribution >= 0.6 is 0 Å². The molecule has 0 heterocycles. The van der Waals surface area contributed by atoms with Crippen molar-refractivity contribution >= 4 is 5.97 Å². The third kappa shape index (κ3) is 1.26. The van der Waals surface area contributed by atoms with E-state index >= 15 is 0 Å². The molecule has 3 heteroatoms. The molecule has 1 aliphatic carbocycles. The van der Waals surface area contributed by atoms with Crippen molar-refractivity contribution in [3.05, 3.63) is 0 Å². The number of nitrogens with two attached hydrogens (primary N) is 1. The number of hydrogen-bond donors (Lipinski definition) is 2. The molecule has 0 bridgehead atoms. The van der Waals surface area contributed by atoms with Crippen molar-refractivity contribution in [1.82, 2.24) is 0 Å². The number of hydrogen-bond acceptors (Lipinski definition) is 2. The standard InChI is InChI=1S/C10H19NO2/c1-9(2)7(6-11)4-5-10(9,3)8(12)13/h7H,4-6,11H2,1-3H3,(H,12,13)/t7-,10+/m1/s1. The van der Waals surface area contributed by atoms with Gasteiger partial charge in [0.1, 0.15) is 0 Å². The largest absolute Gasteiger partial charge is 0.481 e. The second-order valence-electron chi connectivity index (χ2n) is 4.83. The molecule has 0 saturated heterocycles. The quantitative estimate of drug-likeness (QED) is 0.684. The monoisotopic (exact) mass is 185 g/mol. The summed E-state index contributed by atoms with van der Waals surface area (Å²) < 4.78 is 0. The van der Waals surface area contributed by atoms with Crippen molar-refractivity contribution in [2.75, 3.05) is 6.54 Å². The van der Waals surface area contributed by atoms with Crippen LogP contribution in [0, 0.1) is 16.7 Å². The molecule has 1 saturated carbocycles. The van der Waals surface area contributed by atoms with Crippen LogP contribution in [-0.2, 0) is 4.79 Å².